The van der Waals surface area contributed by atoms with Crippen LogP contribution in [0, 0.1) is 0 Å². The second kappa shape index (κ2) is 5.46. The summed E-state index contributed by atoms with van der Waals surface area (Å²) in [6.45, 7) is 3.33. The molecule has 104 valence electrons. The van der Waals surface area contributed by atoms with Gasteiger partial charge in [0.15, 0.2) is 5.78 Å². The third kappa shape index (κ3) is 2.81. The Kier molecular flexibility index (Phi) is 4.06. The van der Waals surface area contributed by atoms with Crippen LogP contribution in [0.1, 0.15) is 13.8 Å². The van der Waals surface area contributed by atoms with Gasteiger partial charge in [-0.25, -0.2) is 0 Å². The molecule has 0 aromatic heterocycles. The summed E-state index contributed by atoms with van der Waals surface area (Å²) in [5.74, 6) is -0.154. The Morgan fingerprint density at radius 1 is 1.05 bits per heavy atom. The van der Waals surface area contributed by atoms with E-state index in [1.54, 1.807) is 32.0 Å². The van der Waals surface area contributed by atoms with Crippen molar-refractivity contribution in [2.24, 2.45) is 4.40 Å². The largest absolute Gasteiger partial charge is 0.288 e. The molecular formula is C14H12BrNO3S. The van der Waals surface area contributed by atoms with Gasteiger partial charge < -0.3 is 0 Å². The van der Waals surface area contributed by atoms with Gasteiger partial charge >= 0.3 is 0 Å². The second-order valence-corrected chi connectivity index (χ2v) is 6.79. The van der Waals surface area contributed by atoms with E-state index in [0.29, 0.717) is 15.6 Å². The van der Waals surface area contributed by atoms with Crippen LogP contribution in [-0.2, 0) is 14.8 Å². The molecule has 0 unspecified atom stereocenters. The highest BCUT2D eigenvalue weighted by atomic mass is 79.9. The normalized spacial score (nSPS) is 18.4. The second-order valence-electron chi connectivity index (χ2n) is 4.34. The average Bonchev–Trinajstić information content (AvgIpc) is 2.43. The van der Waals surface area contributed by atoms with E-state index < -0.39 is 10.0 Å². The van der Waals surface area contributed by atoms with Crippen LogP contribution < -0.4 is 0 Å². The zero-order chi connectivity index (χ0) is 14.9. The molecule has 0 fully saturated rings. The van der Waals surface area contributed by atoms with Crippen molar-refractivity contribution >= 4 is 37.4 Å². The van der Waals surface area contributed by atoms with Gasteiger partial charge in [0.2, 0.25) is 0 Å². The predicted octanol–water partition coefficient (Wildman–Crippen LogP) is 3.01. The third-order valence-electron chi connectivity index (χ3n) is 3.03. The number of ketones is 1. The molecule has 1 aromatic carbocycles. The fourth-order valence-corrected chi connectivity index (χ4v) is 3.27. The van der Waals surface area contributed by atoms with Gasteiger partial charge in [-0.15, -0.1) is 0 Å². The van der Waals surface area contributed by atoms with Gasteiger partial charge in [-0.05, 0) is 53.6 Å². The maximum absolute atomic E-state index is 12.2. The van der Waals surface area contributed by atoms with Crippen LogP contribution in [0.5, 0.6) is 0 Å². The van der Waals surface area contributed by atoms with Crippen LogP contribution in [0.3, 0.4) is 0 Å². The van der Waals surface area contributed by atoms with Gasteiger partial charge in [0.1, 0.15) is 0 Å². The smallest absolute Gasteiger partial charge is 0.282 e. The highest BCUT2D eigenvalue weighted by molar-refractivity contribution is 9.12. The van der Waals surface area contributed by atoms with E-state index >= 15 is 0 Å². The van der Waals surface area contributed by atoms with Crippen LogP contribution in [0.4, 0.5) is 0 Å². The molecule has 0 bridgehead atoms. The highest BCUT2D eigenvalue weighted by Gasteiger charge is 2.22. The Bertz CT molecular complexity index is 759. The van der Waals surface area contributed by atoms with E-state index in [0.717, 1.165) is 0 Å². The van der Waals surface area contributed by atoms with Gasteiger partial charge in [-0.3, -0.25) is 4.79 Å². The molecule has 1 aliphatic carbocycles. The molecule has 0 N–H and O–H groups in total. The van der Waals surface area contributed by atoms with Crippen LogP contribution in [0.2, 0.25) is 0 Å². The van der Waals surface area contributed by atoms with Crippen molar-refractivity contribution in [2.75, 3.05) is 0 Å². The van der Waals surface area contributed by atoms with Gasteiger partial charge in [0, 0.05) is 5.57 Å². The van der Waals surface area contributed by atoms with Crippen molar-refractivity contribution in [1.82, 2.24) is 0 Å². The SMILES string of the molecule is CC1=C(C)C(=NS(=O)(=O)c2ccccc2)C=C(Br)C1=O. The minimum Gasteiger partial charge on any atom is -0.288 e. The first-order chi connectivity index (χ1) is 9.33. The van der Waals surface area contributed by atoms with Crippen LogP contribution in [-0.4, -0.2) is 19.9 Å². The summed E-state index contributed by atoms with van der Waals surface area (Å²) in [6.07, 6.45) is 1.44. The van der Waals surface area contributed by atoms with E-state index in [4.69, 9.17) is 0 Å². The zero-order valence-corrected chi connectivity index (χ0v) is 13.3. The molecular weight excluding hydrogens is 342 g/mol. The lowest BCUT2D eigenvalue weighted by molar-refractivity contribution is -0.111. The Morgan fingerprint density at radius 3 is 2.25 bits per heavy atom. The van der Waals surface area contributed by atoms with Gasteiger partial charge in [0.05, 0.1) is 15.1 Å². The maximum Gasteiger partial charge on any atom is 0.282 e. The van der Waals surface area contributed by atoms with Crippen molar-refractivity contribution in [3.05, 3.63) is 52.0 Å². The summed E-state index contributed by atoms with van der Waals surface area (Å²) in [7, 11) is -3.78. The predicted molar refractivity (Wildman–Crippen MR) is 81.5 cm³/mol. The Labute approximate surface area is 126 Å². The molecule has 0 saturated carbocycles. The Hall–Kier alpha value is -1.53. The number of Topliss-reactive ketones (excluding diaryl/α,β-unsaturated/α-hetero) is 1. The lowest BCUT2D eigenvalue weighted by Crippen LogP contribution is -2.15. The van der Waals surface area contributed by atoms with Crippen LogP contribution in [0.15, 0.2) is 61.3 Å². The van der Waals surface area contributed by atoms with Crippen LogP contribution >= 0.6 is 15.9 Å². The Morgan fingerprint density at radius 2 is 1.65 bits per heavy atom. The molecule has 1 aromatic rings. The molecule has 2 rings (SSSR count). The lowest BCUT2D eigenvalue weighted by atomic mass is 9.97. The minimum absolute atomic E-state index is 0.124. The number of benzene rings is 1. The zero-order valence-electron chi connectivity index (χ0n) is 10.9. The molecule has 4 nitrogen and oxygen atoms in total. The fourth-order valence-electron chi connectivity index (χ4n) is 1.70. The first-order valence-electron chi connectivity index (χ1n) is 5.82. The molecule has 6 heteroatoms. The van der Waals surface area contributed by atoms with E-state index in [-0.39, 0.29) is 16.4 Å². The van der Waals surface area contributed by atoms with Gasteiger partial charge in [-0.1, -0.05) is 18.2 Å². The van der Waals surface area contributed by atoms with Crippen molar-refractivity contribution in [3.8, 4) is 0 Å². The summed E-state index contributed by atoms with van der Waals surface area (Å²) in [5.41, 5.74) is 1.33. The van der Waals surface area contributed by atoms with E-state index in [2.05, 4.69) is 20.3 Å². The number of sulfonamides is 1. The molecule has 0 amide bonds. The topological polar surface area (TPSA) is 63.6 Å². The highest BCUT2D eigenvalue weighted by Crippen LogP contribution is 2.24. The molecule has 0 spiro atoms. The van der Waals surface area contributed by atoms with E-state index in [9.17, 15) is 13.2 Å². The summed E-state index contributed by atoms with van der Waals surface area (Å²) < 4.78 is 28.5. The number of allylic oxidation sites excluding steroid dienone is 4. The van der Waals surface area contributed by atoms with Crippen molar-refractivity contribution in [3.63, 3.8) is 0 Å². The molecule has 20 heavy (non-hydrogen) atoms. The fraction of sp³-hybridized carbons (Fsp3) is 0.143. The van der Waals surface area contributed by atoms with Crippen molar-refractivity contribution in [2.45, 2.75) is 18.7 Å². The lowest BCUT2D eigenvalue weighted by Gasteiger charge is -2.13. The minimum atomic E-state index is -3.78. The summed E-state index contributed by atoms with van der Waals surface area (Å²) in [4.78, 5) is 11.9. The quantitative estimate of drug-likeness (QED) is 0.767. The van der Waals surface area contributed by atoms with Crippen LogP contribution in [0.25, 0.3) is 0 Å². The third-order valence-corrected chi connectivity index (χ3v) is 4.92. The van der Waals surface area contributed by atoms with E-state index in [1.165, 1.54) is 18.2 Å². The van der Waals surface area contributed by atoms with Gasteiger partial charge in [0.25, 0.3) is 10.0 Å². The first-order valence-corrected chi connectivity index (χ1v) is 8.06. The van der Waals surface area contributed by atoms with Crippen molar-refractivity contribution in [1.29, 1.82) is 0 Å². The average molecular weight is 354 g/mol. The molecule has 1 aliphatic rings. The number of nitrogens with zero attached hydrogens (tertiary/aromatic N) is 1. The number of carbonyl (C=O) groups is 1. The Balaban J connectivity index is 2.54. The number of carbonyl (C=O) groups excluding carboxylic acids is 1. The number of hydrogen-bond acceptors (Lipinski definition) is 3. The number of rotatable bonds is 2. The van der Waals surface area contributed by atoms with Crippen molar-refractivity contribution < 1.29 is 13.2 Å². The summed E-state index contributed by atoms with van der Waals surface area (Å²) in [6, 6.07) is 7.97. The molecule has 0 aliphatic heterocycles. The monoisotopic (exact) mass is 353 g/mol. The summed E-state index contributed by atoms with van der Waals surface area (Å²) in [5, 5.41) is 0. The molecule has 0 saturated heterocycles. The number of hydrogen-bond donors (Lipinski definition) is 0. The molecule has 0 heterocycles. The summed E-state index contributed by atoms with van der Waals surface area (Å²) >= 11 is 3.13. The standard InChI is InChI=1S/C14H12BrNO3S/c1-9-10(2)14(17)12(15)8-13(9)16-20(18,19)11-6-4-3-5-7-11/h3-8H,1-2H3. The number of halogens is 1. The molecule has 0 radical (unpaired) electrons. The van der Waals surface area contributed by atoms with Gasteiger partial charge in [-0.2, -0.15) is 12.8 Å². The molecule has 0 atom stereocenters. The maximum atomic E-state index is 12.2. The van der Waals surface area contributed by atoms with E-state index in [1.807, 2.05) is 0 Å². The first kappa shape index (κ1) is 14.9.